The van der Waals surface area contributed by atoms with Crippen LogP contribution in [0.3, 0.4) is 0 Å². The smallest absolute Gasteiger partial charge is 0.161 e. The molecule has 1 aliphatic carbocycles. The van der Waals surface area contributed by atoms with Crippen molar-refractivity contribution in [3.8, 4) is 11.5 Å². The van der Waals surface area contributed by atoms with Gasteiger partial charge in [0.2, 0.25) is 0 Å². The number of nitrogens with zero attached hydrogens (tertiary/aromatic N) is 1. The van der Waals surface area contributed by atoms with Gasteiger partial charge in [0.15, 0.2) is 11.5 Å². The first-order valence-electron chi connectivity index (χ1n) is 6.01. The van der Waals surface area contributed by atoms with Gasteiger partial charge >= 0.3 is 0 Å². The van der Waals surface area contributed by atoms with Crippen LogP contribution in [0, 0.1) is 0 Å². The van der Waals surface area contributed by atoms with Gasteiger partial charge in [0.05, 0.1) is 20.3 Å². The van der Waals surface area contributed by atoms with E-state index < -0.39 is 0 Å². The van der Waals surface area contributed by atoms with Crippen LogP contribution in [-0.2, 0) is 6.42 Å². The van der Waals surface area contributed by atoms with Crippen LogP contribution in [0.15, 0.2) is 23.2 Å². The summed E-state index contributed by atoms with van der Waals surface area (Å²) in [6.07, 6.45) is 3.00. The average molecular weight is 249 g/mol. The third kappa shape index (κ3) is 3.13. The van der Waals surface area contributed by atoms with Gasteiger partial charge in [0, 0.05) is 6.42 Å². The first-order valence-corrected chi connectivity index (χ1v) is 6.01. The Kier molecular flexibility index (Phi) is 4.04. The maximum absolute atomic E-state index is 5.49. The van der Waals surface area contributed by atoms with E-state index in [4.69, 9.17) is 15.3 Å². The summed E-state index contributed by atoms with van der Waals surface area (Å²) in [6, 6.07) is 6.27. The lowest BCUT2D eigenvalue weighted by Crippen LogP contribution is -2.32. The second-order valence-corrected chi connectivity index (χ2v) is 4.32. The van der Waals surface area contributed by atoms with Crippen LogP contribution >= 0.6 is 0 Å². The molecule has 1 aliphatic rings. The molecule has 0 amide bonds. The Morgan fingerprint density at radius 3 is 2.61 bits per heavy atom. The number of ether oxygens (including phenoxy) is 2. The zero-order valence-electron chi connectivity index (χ0n) is 10.8. The molecular formula is C13H19N3O2. The summed E-state index contributed by atoms with van der Waals surface area (Å²) in [7, 11) is 3.25. The summed E-state index contributed by atoms with van der Waals surface area (Å²) in [6.45, 7) is 0. The van der Waals surface area contributed by atoms with Crippen molar-refractivity contribution < 1.29 is 9.47 Å². The van der Waals surface area contributed by atoms with Crippen LogP contribution in [0.4, 0.5) is 0 Å². The summed E-state index contributed by atoms with van der Waals surface area (Å²) in [5.41, 5.74) is 3.75. The molecule has 0 heterocycles. The SMILES string of the molecule is COc1ccc(CC(=NC2CC2)NN)cc1OC. The Hall–Kier alpha value is -1.75. The van der Waals surface area contributed by atoms with Crippen molar-refractivity contribution in [1.82, 2.24) is 5.43 Å². The molecule has 0 aromatic heterocycles. The van der Waals surface area contributed by atoms with Crippen LogP contribution < -0.4 is 20.7 Å². The van der Waals surface area contributed by atoms with Gasteiger partial charge in [-0.3, -0.25) is 4.99 Å². The molecule has 0 bridgehead atoms. The van der Waals surface area contributed by atoms with E-state index in [1.165, 1.54) is 0 Å². The van der Waals surface area contributed by atoms with Gasteiger partial charge in [-0.15, -0.1) is 0 Å². The van der Waals surface area contributed by atoms with Gasteiger partial charge in [-0.1, -0.05) is 6.07 Å². The van der Waals surface area contributed by atoms with Gasteiger partial charge in [0.25, 0.3) is 0 Å². The highest BCUT2D eigenvalue weighted by Crippen LogP contribution is 2.28. The van der Waals surface area contributed by atoms with Crippen LogP contribution in [-0.4, -0.2) is 26.1 Å². The number of aliphatic imine (C=N–C) groups is 1. The molecule has 1 fully saturated rings. The minimum Gasteiger partial charge on any atom is -0.493 e. The molecule has 2 rings (SSSR count). The number of methoxy groups -OCH3 is 2. The Balaban J connectivity index is 2.12. The van der Waals surface area contributed by atoms with Crippen LogP contribution in [0.25, 0.3) is 0 Å². The van der Waals surface area contributed by atoms with Gasteiger partial charge in [-0.05, 0) is 30.5 Å². The number of nitrogens with two attached hydrogens (primary N) is 1. The maximum atomic E-state index is 5.49. The fourth-order valence-electron chi connectivity index (χ4n) is 1.74. The zero-order chi connectivity index (χ0) is 13.0. The number of rotatable bonds is 5. The molecule has 18 heavy (non-hydrogen) atoms. The van der Waals surface area contributed by atoms with Crippen molar-refractivity contribution >= 4 is 5.84 Å². The lowest BCUT2D eigenvalue weighted by atomic mass is 10.1. The normalized spacial score (nSPS) is 15.4. The standard InChI is InChI=1S/C13H19N3O2/c1-17-11-6-3-9(7-12(11)18-2)8-13(16-14)15-10-4-5-10/h3,6-7,10H,4-5,8,14H2,1-2H3,(H,15,16). The molecule has 1 aromatic rings. The highest BCUT2D eigenvalue weighted by atomic mass is 16.5. The minimum absolute atomic E-state index is 0.455. The first-order chi connectivity index (χ1) is 8.76. The van der Waals surface area contributed by atoms with Crippen molar-refractivity contribution in [2.24, 2.45) is 10.8 Å². The monoisotopic (exact) mass is 249 g/mol. The molecule has 0 saturated heterocycles. The van der Waals surface area contributed by atoms with Gasteiger partial charge in [0.1, 0.15) is 5.84 Å². The van der Waals surface area contributed by atoms with Gasteiger partial charge in [-0.2, -0.15) is 0 Å². The van der Waals surface area contributed by atoms with Crippen molar-refractivity contribution in [1.29, 1.82) is 0 Å². The molecule has 3 N–H and O–H groups in total. The lowest BCUT2D eigenvalue weighted by molar-refractivity contribution is 0.354. The summed E-state index contributed by atoms with van der Waals surface area (Å²) >= 11 is 0. The molecule has 0 atom stereocenters. The van der Waals surface area contributed by atoms with E-state index >= 15 is 0 Å². The van der Waals surface area contributed by atoms with Gasteiger partial charge in [-0.25, -0.2) is 5.84 Å². The Morgan fingerprint density at radius 1 is 1.33 bits per heavy atom. The highest BCUT2D eigenvalue weighted by Gasteiger charge is 2.21. The number of benzene rings is 1. The quantitative estimate of drug-likeness (QED) is 0.357. The third-order valence-corrected chi connectivity index (χ3v) is 2.87. The van der Waals surface area contributed by atoms with E-state index in [9.17, 15) is 0 Å². The van der Waals surface area contributed by atoms with Crippen molar-refractivity contribution in [3.05, 3.63) is 23.8 Å². The topological polar surface area (TPSA) is 68.9 Å². The maximum Gasteiger partial charge on any atom is 0.161 e. The fraction of sp³-hybridized carbons (Fsp3) is 0.462. The number of amidine groups is 1. The molecule has 5 heteroatoms. The summed E-state index contributed by atoms with van der Waals surface area (Å²) in [4.78, 5) is 4.51. The predicted octanol–water partition coefficient (Wildman–Crippen LogP) is 1.27. The molecule has 1 aromatic carbocycles. The molecular weight excluding hydrogens is 230 g/mol. The molecule has 0 spiro atoms. The van der Waals surface area contributed by atoms with Crippen LogP contribution in [0.5, 0.6) is 11.5 Å². The molecule has 1 saturated carbocycles. The largest absolute Gasteiger partial charge is 0.493 e. The molecule has 0 radical (unpaired) electrons. The second kappa shape index (κ2) is 5.73. The summed E-state index contributed by atoms with van der Waals surface area (Å²) < 4.78 is 10.5. The minimum atomic E-state index is 0.455. The predicted molar refractivity (Wildman–Crippen MR) is 71.0 cm³/mol. The van der Waals surface area contributed by atoms with E-state index in [0.29, 0.717) is 12.5 Å². The van der Waals surface area contributed by atoms with Gasteiger partial charge < -0.3 is 14.9 Å². The third-order valence-electron chi connectivity index (χ3n) is 2.87. The second-order valence-electron chi connectivity index (χ2n) is 4.32. The van der Waals surface area contributed by atoms with Crippen LogP contribution in [0.2, 0.25) is 0 Å². The van der Waals surface area contributed by atoms with E-state index in [1.807, 2.05) is 18.2 Å². The number of hydrazine groups is 1. The molecule has 0 unspecified atom stereocenters. The van der Waals surface area contributed by atoms with E-state index in [1.54, 1.807) is 14.2 Å². The first kappa shape index (κ1) is 12.7. The summed E-state index contributed by atoms with van der Waals surface area (Å²) in [5.74, 6) is 7.74. The van der Waals surface area contributed by atoms with Crippen molar-refractivity contribution in [3.63, 3.8) is 0 Å². The van der Waals surface area contributed by atoms with E-state index in [-0.39, 0.29) is 0 Å². The lowest BCUT2D eigenvalue weighted by Gasteiger charge is -2.10. The van der Waals surface area contributed by atoms with Crippen LogP contribution in [0.1, 0.15) is 18.4 Å². The summed E-state index contributed by atoms with van der Waals surface area (Å²) in [5, 5.41) is 0. The fourth-order valence-corrected chi connectivity index (χ4v) is 1.74. The average Bonchev–Trinajstić information content (AvgIpc) is 3.21. The number of nitrogens with one attached hydrogen (secondary N) is 1. The number of hydrogen-bond donors (Lipinski definition) is 2. The Morgan fingerprint density at radius 2 is 2.06 bits per heavy atom. The highest BCUT2D eigenvalue weighted by molar-refractivity contribution is 5.84. The van der Waals surface area contributed by atoms with Crippen molar-refractivity contribution in [2.75, 3.05) is 14.2 Å². The Labute approximate surface area is 107 Å². The molecule has 0 aliphatic heterocycles. The molecule has 5 nitrogen and oxygen atoms in total. The number of hydrogen-bond acceptors (Lipinski definition) is 4. The van der Waals surface area contributed by atoms with E-state index in [0.717, 1.165) is 35.7 Å². The van der Waals surface area contributed by atoms with Crippen molar-refractivity contribution in [2.45, 2.75) is 25.3 Å². The van der Waals surface area contributed by atoms with E-state index in [2.05, 4.69) is 10.4 Å². The molecule has 98 valence electrons. The Bertz CT molecular complexity index is 442. The zero-order valence-corrected chi connectivity index (χ0v) is 10.8.